The van der Waals surface area contributed by atoms with Crippen LogP contribution >= 0.6 is 11.6 Å². The summed E-state index contributed by atoms with van der Waals surface area (Å²) in [5.41, 5.74) is 1.19. The first-order valence-electron chi connectivity index (χ1n) is 10.5. The molecule has 5 nitrogen and oxygen atoms in total. The molecule has 0 bridgehead atoms. The standard InChI is InChI=1S/C22H37ClO5Si2/c1-22(2,3)30(8,9)28-16-11-10-15(12-17(16)25-4)13-18(26-19(24)14-23)20-21(27-20)29(5,6)7/h10-12,18,20-21H,13-14H2,1-9H3/t18-,20-,21-/m0/s1. The van der Waals surface area contributed by atoms with Crippen LogP contribution in [0, 0.1) is 0 Å². The van der Waals surface area contributed by atoms with Crippen molar-refractivity contribution in [3.63, 3.8) is 0 Å². The van der Waals surface area contributed by atoms with Crippen LogP contribution in [0.25, 0.3) is 0 Å². The number of hydrogen-bond acceptors (Lipinski definition) is 5. The number of hydrogen-bond donors (Lipinski definition) is 0. The first kappa shape index (κ1) is 25.2. The van der Waals surface area contributed by atoms with Crippen LogP contribution in [0.3, 0.4) is 0 Å². The average molecular weight is 473 g/mol. The topological polar surface area (TPSA) is 57.3 Å². The van der Waals surface area contributed by atoms with E-state index >= 15 is 0 Å². The molecule has 0 aromatic heterocycles. The Morgan fingerprint density at radius 2 is 1.80 bits per heavy atom. The third kappa shape index (κ3) is 6.25. The molecule has 1 heterocycles. The molecule has 3 atom stereocenters. The molecule has 0 N–H and O–H groups in total. The van der Waals surface area contributed by atoms with Gasteiger partial charge >= 0.3 is 5.97 Å². The van der Waals surface area contributed by atoms with Gasteiger partial charge in [0.2, 0.25) is 0 Å². The lowest BCUT2D eigenvalue weighted by atomic mass is 10.0. The minimum atomic E-state index is -1.99. The number of benzene rings is 1. The molecule has 0 spiro atoms. The highest BCUT2D eigenvalue weighted by Gasteiger charge is 2.53. The second-order valence-electron chi connectivity index (χ2n) is 10.6. The fourth-order valence-corrected chi connectivity index (χ4v) is 5.97. The van der Waals surface area contributed by atoms with E-state index < -0.39 is 22.4 Å². The van der Waals surface area contributed by atoms with E-state index in [9.17, 15) is 4.79 Å². The molecule has 8 heteroatoms. The van der Waals surface area contributed by atoms with Gasteiger partial charge in [0.05, 0.1) is 20.9 Å². The maximum absolute atomic E-state index is 11.9. The number of methoxy groups -OCH3 is 1. The number of halogens is 1. The van der Waals surface area contributed by atoms with E-state index in [4.69, 9.17) is 30.2 Å². The fourth-order valence-electron chi connectivity index (χ4n) is 3.11. The van der Waals surface area contributed by atoms with Crippen LogP contribution in [0.15, 0.2) is 18.2 Å². The van der Waals surface area contributed by atoms with Crippen molar-refractivity contribution >= 4 is 34.0 Å². The van der Waals surface area contributed by atoms with Crippen molar-refractivity contribution in [2.24, 2.45) is 0 Å². The van der Waals surface area contributed by atoms with Crippen molar-refractivity contribution in [1.29, 1.82) is 0 Å². The average Bonchev–Trinajstić information content (AvgIpc) is 3.42. The highest BCUT2D eigenvalue weighted by atomic mass is 35.5. The molecule has 0 unspecified atom stereocenters. The molecule has 0 aliphatic carbocycles. The van der Waals surface area contributed by atoms with Crippen LogP contribution in [-0.4, -0.2) is 53.3 Å². The first-order valence-corrected chi connectivity index (χ1v) is 17.5. The molecular weight excluding hydrogens is 436 g/mol. The van der Waals surface area contributed by atoms with Gasteiger partial charge in [0.15, 0.2) is 5.75 Å². The van der Waals surface area contributed by atoms with Crippen LogP contribution in [0.4, 0.5) is 0 Å². The monoisotopic (exact) mass is 472 g/mol. The van der Waals surface area contributed by atoms with Gasteiger partial charge in [-0.2, -0.15) is 0 Å². The summed E-state index contributed by atoms with van der Waals surface area (Å²) >= 11 is 5.68. The van der Waals surface area contributed by atoms with Gasteiger partial charge in [0.1, 0.15) is 23.8 Å². The van der Waals surface area contributed by atoms with Crippen molar-refractivity contribution < 1.29 is 23.4 Å². The Morgan fingerprint density at radius 1 is 1.17 bits per heavy atom. The Balaban J connectivity index is 2.22. The summed E-state index contributed by atoms with van der Waals surface area (Å²) < 4.78 is 23.6. The van der Waals surface area contributed by atoms with Gasteiger partial charge < -0.3 is 18.6 Å². The van der Waals surface area contributed by atoms with E-state index in [1.807, 2.05) is 18.2 Å². The number of carbonyl (C=O) groups is 1. The number of ether oxygens (including phenoxy) is 3. The number of rotatable bonds is 9. The predicted molar refractivity (Wildman–Crippen MR) is 127 cm³/mol. The minimum Gasteiger partial charge on any atom is -0.541 e. The summed E-state index contributed by atoms with van der Waals surface area (Å²) in [6.45, 7) is 17.8. The number of alkyl halides is 1. The largest absolute Gasteiger partial charge is 0.541 e. The molecule has 0 saturated carbocycles. The van der Waals surface area contributed by atoms with Crippen LogP contribution in [0.1, 0.15) is 26.3 Å². The summed E-state index contributed by atoms with van der Waals surface area (Å²) in [5, 5.41) is 0.0900. The second kappa shape index (κ2) is 9.22. The van der Waals surface area contributed by atoms with Gasteiger partial charge in [-0.3, -0.25) is 4.79 Å². The molecule has 1 saturated heterocycles. The van der Waals surface area contributed by atoms with E-state index in [-0.39, 0.29) is 28.9 Å². The van der Waals surface area contributed by atoms with E-state index in [0.29, 0.717) is 12.2 Å². The molecule has 1 aromatic carbocycles. The van der Waals surface area contributed by atoms with Crippen LogP contribution < -0.4 is 9.16 Å². The zero-order chi connectivity index (χ0) is 22.9. The molecular formula is C22H37ClO5Si2. The zero-order valence-electron chi connectivity index (χ0n) is 19.8. The molecule has 30 heavy (non-hydrogen) atoms. The quantitative estimate of drug-likeness (QED) is 0.208. The molecule has 0 amide bonds. The SMILES string of the molecule is COc1cc(C[C@H](OC(=O)CCl)[C@@H]2O[C@H]2[Si](C)(C)C)ccc1O[Si](C)(C)C(C)(C)C. The van der Waals surface area contributed by atoms with Crippen LogP contribution in [0.2, 0.25) is 37.8 Å². The number of carbonyl (C=O) groups excluding carboxylic acids is 1. The van der Waals surface area contributed by atoms with Crippen molar-refractivity contribution in [1.82, 2.24) is 0 Å². The Morgan fingerprint density at radius 3 is 2.27 bits per heavy atom. The predicted octanol–water partition coefficient (Wildman–Crippen LogP) is 5.42. The van der Waals surface area contributed by atoms with Crippen molar-refractivity contribution in [3.05, 3.63) is 23.8 Å². The maximum Gasteiger partial charge on any atom is 0.321 e. The Kier molecular flexibility index (Phi) is 7.76. The van der Waals surface area contributed by atoms with E-state index in [0.717, 1.165) is 11.3 Å². The summed E-state index contributed by atoms with van der Waals surface area (Å²) in [6, 6.07) is 5.94. The molecule has 1 aromatic rings. The molecule has 1 aliphatic heterocycles. The van der Waals surface area contributed by atoms with Gasteiger partial charge in [-0.15, -0.1) is 11.6 Å². The van der Waals surface area contributed by atoms with E-state index in [2.05, 4.69) is 53.5 Å². The smallest absolute Gasteiger partial charge is 0.321 e. The molecule has 170 valence electrons. The summed E-state index contributed by atoms with van der Waals surface area (Å²) in [6.07, 6.45) is 0.119. The van der Waals surface area contributed by atoms with Gasteiger partial charge in [-0.1, -0.05) is 46.5 Å². The third-order valence-electron chi connectivity index (χ3n) is 5.97. The lowest BCUT2D eigenvalue weighted by molar-refractivity contribution is -0.146. The Bertz CT molecular complexity index is 755. The normalized spacial score (nSPS) is 20.5. The molecule has 0 radical (unpaired) electrons. The highest BCUT2D eigenvalue weighted by Crippen LogP contribution is 2.41. The fraction of sp³-hybridized carbons (Fsp3) is 0.682. The molecule has 1 fully saturated rings. The lowest BCUT2D eigenvalue weighted by Crippen LogP contribution is -2.43. The van der Waals surface area contributed by atoms with Gasteiger partial charge in [-0.25, -0.2) is 0 Å². The highest BCUT2D eigenvalue weighted by molar-refractivity contribution is 6.78. The van der Waals surface area contributed by atoms with Gasteiger partial charge in [-0.05, 0) is 35.8 Å². The summed E-state index contributed by atoms with van der Waals surface area (Å²) in [7, 11) is -1.83. The van der Waals surface area contributed by atoms with Crippen molar-refractivity contribution in [3.8, 4) is 11.5 Å². The number of epoxide rings is 1. The third-order valence-corrected chi connectivity index (χ3v) is 12.7. The minimum absolute atomic E-state index is 0.0713. The number of esters is 1. The summed E-state index contributed by atoms with van der Waals surface area (Å²) in [5.74, 6) is 0.864. The van der Waals surface area contributed by atoms with E-state index in [1.54, 1.807) is 7.11 Å². The Labute approximate surface area is 188 Å². The van der Waals surface area contributed by atoms with Gasteiger partial charge in [0.25, 0.3) is 8.32 Å². The first-order chi connectivity index (χ1) is 13.7. The van der Waals surface area contributed by atoms with Crippen LogP contribution in [0.5, 0.6) is 11.5 Å². The maximum atomic E-state index is 11.9. The molecule has 2 rings (SSSR count). The van der Waals surface area contributed by atoms with Gasteiger partial charge in [0, 0.05) is 6.42 Å². The van der Waals surface area contributed by atoms with Crippen molar-refractivity contribution in [2.45, 2.75) is 82.9 Å². The lowest BCUT2D eigenvalue weighted by Gasteiger charge is -2.36. The van der Waals surface area contributed by atoms with Crippen LogP contribution in [-0.2, 0) is 20.7 Å². The Hall–Kier alpha value is -1.03. The second-order valence-corrected chi connectivity index (χ2v) is 20.9. The summed E-state index contributed by atoms with van der Waals surface area (Å²) in [4.78, 5) is 11.9. The molecule has 1 aliphatic rings. The van der Waals surface area contributed by atoms with E-state index in [1.165, 1.54) is 0 Å². The van der Waals surface area contributed by atoms with Crippen molar-refractivity contribution in [2.75, 3.05) is 13.0 Å². The zero-order valence-corrected chi connectivity index (χ0v) is 22.6.